The fourth-order valence-corrected chi connectivity index (χ4v) is 3.42. The molecule has 3 rings (SSSR count). The highest BCUT2D eigenvalue weighted by molar-refractivity contribution is 5.93. The van der Waals surface area contributed by atoms with Crippen LogP contribution >= 0.6 is 0 Å². The number of hydrogen-bond acceptors (Lipinski definition) is 3. The molecule has 1 amide bonds. The predicted molar refractivity (Wildman–Crippen MR) is 67.5 cm³/mol. The summed E-state index contributed by atoms with van der Waals surface area (Å²) in [4.78, 5) is 13.7. The van der Waals surface area contributed by atoms with Gasteiger partial charge in [0.05, 0.1) is 0 Å². The molecule has 2 aliphatic rings. The number of nitrogens with zero attached hydrogens (tertiary/aromatic N) is 1. The van der Waals surface area contributed by atoms with Gasteiger partial charge in [-0.3, -0.25) is 14.9 Å². The lowest BCUT2D eigenvalue weighted by Gasteiger charge is -2.34. The summed E-state index contributed by atoms with van der Waals surface area (Å²) in [5.41, 5.74) is 3.37. The number of nitrogens with one attached hydrogen (secondary N) is 1. The molecule has 0 radical (unpaired) electrons. The number of benzene rings is 1. The summed E-state index contributed by atoms with van der Waals surface area (Å²) in [6, 6.07) is 3.56. The summed E-state index contributed by atoms with van der Waals surface area (Å²) in [6.07, 6.45) is 2.80. The van der Waals surface area contributed by atoms with Crippen molar-refractivity contribution in [3.63, 3.8) is 0 Å². The molecule has 0 aliphatic carbocycles. The van der Waals surface area contributed by atoms with E-state index in [2.05, 4.69) is 11.8 Å². The number of hydroxylamine groups is 1. The molecule has 2 heterocycles. The van der Waals surface area contributed by atoms with Gasteiger partial charge in [0.1, 0.15) is 5.82 Å². The molecule has 0 bridgehead atoms. The lowest BCUT2D eigenvalue weighted by Crippen LogP contribution is -2.36. The second kappa shape index (κ2) is 4.58. The first-order valence-electron chi connectivity index (χ1n) is 6.64. The van der Waals surface area contributed by atoms with Gasteiger partial charge in [-0.05, 0) is 43.9 Å². The van der Waals surface area contributed by atoms with Crippen LogP contribution in [0.2, 0.25) is 0 Å². The van der Waals surface area contributed by atoms with Gasteiger partial charge in [-0.25, -0.2) is 9.87 Å². The van der Waals surface area contributed by atoms with Crippen LogP contribution in [0.1, 0.15) is 47.3 Å². The maximum atomic E-state index is 14.3. The summed E-state index contributed by atoms with van der Waals surface area (Å²) in [6.45, 7) is 3.08. The molecule has 1 saturated heterocycles. The zero-order valence-electron chi connectivity index (χ0n) is 10.8. The Hall–Kier alpha value is -1.46. The van der Waals surface area contributed by atoms with E-state index in [4.69, 9.17) is 5.21 Å². The molecular formula is C14H17FN2O2. The van der Waals surface area contributed by atoms with Crippen LogP contribution in [0, 0.1) is 5.82 Å². The minimum atomic E-state index is -0.663. The number of rotatable bonds is 1. The van der Waals surface area contributed by atoms with Crippen LogP contribution in [0.3, 0.4) is 0 Å². The molecular weight excluding hydrogens is 247 g/mol. The van der Waals surface area contributed by atoms with Crippen LogP contribution in [0.15, 0.2) is 12.1 Å². The van der Waals surface area contributed by atoms with Crippen LogP contribution in [-0.4, -0.2) is 28.6 Å². The van der Waals surface area contributed by atoms with E-state index < -0.39 is 5.91 Å². The first kappa shape index (κ1) is 12.6. The van der Waals surface area contributed by atoms with Crippen molar-refractivity contribution in [1.82, 2.24) is 10.4 Å². The van der Waals surface area contributed by atoms with Crippen LogP contribution in [0.4, 0.5) is 4.39 Å². The molecule has 1 aromatic rings. The van der Waals surface area contributed by atoms with Crippen molar-refractivity contribution in [3.05, 3.63) is 34.6 Å². The van der Waals surface area contributed by atoms with E-state index in [1.165, 1.54) is 6.07 Å². The first-order chi connectivity index (χ1) is 9.11. The quantitative estimate of drug-likeness (QED) is 0.603. The van der Waals surface area contributed by atoms with E-state index in [1.807, 2.05) is 0 Å². The molecule has 0 saturated carbocycles. The van der Waals surface area contributed by atoms with E-state index in [0.29, 0.717) is 6.04 Å². The Labute approximate surface area is 111 Å². The number of hydrogen-bond donors (Lipinski definition) is 2. The third-order valence-electron chi connectivity index (χ3n) is 4.38. The second-order valence-corrected chi connectivity index (χ2v) is 5.40. The van der Waals surface area contributed by atoms with E-state index in [0.717, 1.165) is 36.9 Å². The Morgan fingerprint density at radius 2 is 2.26 bits per heavy atom. The van der Waals surface area contributed by atoms with Gasteiger partial charge in [-0.15, -0.1) is 0 Å². The van der Waals surface area contributed by atoms with Gasteiger partial charge in [0.15, 0.2) is 0 Å². The third-order valence-corrected chi connectivity index (χ3v) is 4.38. The van der Waals surface area contributed by atoms with Gasteiger partial charge in [0.25, 0.3) is 5.91 Å². The van der Waals surface area contributed by atoms with E-state index in [-0.39, 0.29) is 17.4 Å². The Bertz CT molecular complexity index is 532. The molecule has 19 heavy (non-hydrogen) atoms. The van der Waals surface area contributed by atoms with Crippen molar-refractivity contribution in [2.45, 2.75) is 38.3 Å². The minimum Gasteiger partial charge on any atom is -0.293 e. The number of halogens is 1. The zero-order valence-corrected chi connectivity index (χ0v) is 10.8. The van der Waals surface area contributed by atoms with Crippen molar-refractivity contribution in [2.75, 3.05) is 6.54 Å². The maximum Gasteiger partial charge on any atom is 0.274 e. The van der Waals surface area contributed by atoms with Gasteiger partial charge in [-0.2, -0.15) is 0 Å². The Morgan fingerprint density at radius 3 is 3.00 bits per heavy atom. The maximum absolute atomic E-state index is 14.3. The highest BCUT2D eigenvalue weighted by Crippen LogP contribution is 2.42. The number of carbonyl (C=O) groups is 1. The summed E-state index contributed by atoms with van der Waals surface area (Å²) in [5.74, 6) is -0.996. The molecule has 1 fully saturated rings. The summed E-state index contributed by atoms with van der Waals surface area (Å²) < 4.78 is 14.3. The van der Waals surface area contributed by atoms with Crippen molar-refractivity contribution in [3.8, 4) is 0 Å². The van der Waals surface area contributed by atoms with Gasteiger partial charge in [0, 0.05) is 29.8 Å². The second-order valence-electron chi connectivity index (χ2n) is 5.40. The summed E-state index contributed by atoms with van der Waals surface area (Å²) in [5, 5.41) is 8.64. The fraction of sp³-hybridized carbons (Fsp3) is 0.500. The largest absolute Gasteiger partial charge is 0.293 e. The average molecular weight is 264 g/mol. The highest BCUT2D eigenvalue weighted by Gasteiger charge is 2.37. The van der Waals surface area contributed by atoms with Crippen molar-refractivity contribution in [1.29, 1.82) is 0 Å². The number of carbonyl (C=O) groups excluding carboxylic acids is 1. The Morgan fingerprint density at radius 1 is 1.47 bits per heavy atom. The SMILES string of the molecule is C[C@H]1CC[C@H]2c3c(F)cc(C(=O)NO)cc3CCN12. The zero-order chi connectivity index (χ0) is 13.6. The molecule has 0 unspecified atom stereocenters. The third kappa shape index (κ3) is 1.93. The van der Waals surface area contributed by atoms with Crippen LogP contribution in [-0.2, 0) is 6.42 Å². The van der Waals surface area contributed by atoms with Gasteiger partial charge in [-0.1, -0.05) is 0 Å². The summed E-state index contributed by atoms with van der Waals surface area (Å²) >= 11 is 0. The predicted octanol–water partition coefficient (Wildman–Crippen LogP) is 2.03. The topological polar surface area (TPSA) is 52.6 Å². The lowest BCUT2D eigenvalue weighted by molar-refractivity contribution is 0.0705. The molecule has 4 nitrogen and oxygen atoms in total. The molecule has 0 aromatic heterocycles. The van der Waals surface area contributed by atoms with Crippen LogP contribution in [0.5, 0.6) is 0 Å². The number of fused-ring (bicyclic) bond motifs is 3. The van der Waals surface area contributed by atoms with Gasteiger partial charge < -0.3 is 0 Å². The monoisotopic (exact) mass is 264 g/mol. The molecule has 1 aromatic carbocycles. The molecule has 5 heteroatoms. The van der Waals surface area contributed by atoms with Gasteiger partial charge >= 0.3 is 0 Å². The van der Waals surface area contributed by atoms with E-state index in [9.17, 15) is 9.18 Å². The molecule has 2 N–H and O–H groups in total. The first-order valence-corrected chi connectivity index (χ1v) is 6.64. The average Bonchev–Trinajstić information content (AvgIpc) is 2.79. The Kier molecular flexibility index (Phi) is 3.03. The number of amides is 1. The fourth-order valence-electron chi connectivity index (χ4n) is 3.42. The van der Waals surface area contributed by atoms with Crippen molar-refractivity contribution in [2.24, 2.45) is 0 Å². The molecule has 2 atom stereocenters. The van der Waals surface area contributed by atoms with Crippen LogP contribution < -0.4 is 5.48 Å². The normalized spacial score (nSPS) is 25.8. The van der Waals surface area contributed by atoms with Crippen molar-refractivity contribution >= 4 is 5.91 Å². The molecule has 2 aliphatic heterocycles. The summed E-state index contributed by atoms with van der Waals surface area (Å²) in [7, 11) is 0. The van der Waals surface area contributed by atoms with Crippen molar-refractivity contribution < 1.29 is 14.4 Å². The lowest BCUT2D eigenvalue weighted by atomic mass is 9.90. The Balaban J connectivity index is 2.04. The smallest absolute Gasteiger partial charge is 0.274 e. The molecule has 0 spiro atoms. The van der Waals surface area contributed by atoms with E-state index >= 15 is 0 Å². The minimum absolute atomic E-state index is 0.144. The van der Waals surface area contributed by atoms with Gasteiger partial charge in [0.2, 0.25) is 0 Å². The highest BCUT2D eigenvalue weighted by atomic mass is 19.1. The molecule has 102 valence electrons. The van der Waals surface area contributed by atoms with Crippen LogP contribution in [0.25, 0.3) is 0 Å². The standard InChI is InChI=1S/C14H17FN2O2/c1-8-2-3-12-13-9(4-5-17(8)12)6-10(7-11(13)15)14(18)16-19/h6-8,12,19H,2-5H2,1H3,(H,16,18)/t8-,12-/m0/s1. The van der Waals surface area contributed by atoms with E-state index in [1.54, 1.807) is 11.5 Å².